The van der Waals surface area contributed by atoms with E-state index in [0.29, 0.717) is 18.2 Å². The summed E-state index contributed by atoms with van der Waals surface area (Å²) in [6.45, 7) is 10.4. The summed E-state index contributed by atoms with van der Waals surface area (Å²) in [5.41, 5.74) is 4.38. The smallest absolute Gasteiger partial charge is 0.190 e. The average Bonchev–Trinajstić information content (AvgIpc) is 2.45. The normalized spacial score (nSPS) is 10.8. The van der Waals surface area contributed by atoms with E-state index in [9.17, 15) is 4.39 Å². The Hall–Kier alpha value is -2.01. The summed E-state index contributed by atoms with van der Waals surface area (Å²) in [5, 5.41) is 4.69. The fraction of sp³-hybridized carbons (Fsp3) is 0.200. The first-order valence-corrected chi connectivity index (χ1v) is 6.56. The Morgan fingerprint density at radius 2 is 1.85 bits per heavy atom. The molecule has 0 atom stereocenters. The summed E-state index contributed by atoms with van der Waals surface area (Å²) >= 11 is 5.25. The molecule has 0 aliphatic carbocycles. The lowest BCUT2D eigenvalue weighted by Gasteiger charge is -2.21. The quantitative estimate of drug-likeness (QED) is 0.378. The molecule has 0 aliphatic heterocycles. The molecule has 1 aromatic rings. The van der Waals surface area contributed by atoms with E-state index in [-0.39, 0.29) is 5.82 Å². The predicted octanol–water partition coefficient (Wildman–Crippen LogP) is 3.10. The Kier molecular flexibility index (Phi) is 6.59. The molecule has 20 heavy (non-hydrogen) atoms. The van der Waals surface area contributed by atoms with Crippen LogP contribution >= 0.6 is 12.2 Å². The number of hydrazone groups is 1. The van der Waals surface area contributed by atoms with Gasteiger partial charge in [-0.2, -0.15) is 5.10 Å². The average molecular weight is 291 g/mol. The van der Waals surface area contributed by atoms with Gasteiger partial charge in [-0.15, -0.1) is 13.2 Å². The van der Waals surface area contributed by atoms with Gasteiger partial charge in [0.15, 0.2) is 5.11 Å². The van der Waals surface area contributed by atoms with Crippen LogP contribution in [0.1, 0.15) is 12.5 Å². The van der Waals surface area contributed by atoms with Crippen LogP contribution in [0.3, 0.4) is 0 Å². The minimum Gasteiger partial charge on any atom is -0.340 e. The van der Waals surface area contributed by atoms with Gasteiger partial charge in [0.1, 0.15) is 5.82 Å². The lowest BCUT2D eigenvalue weighted by molar-refractivity contribution is 0.504. The van der Waals surface area contributed by atoms with Crippen LogP contribution in [0, 0.1) is 5.82 Å². The van der Waals surface area contributed by atoms with E-state index >= 15 is 0 Å². The molecule has 0 fully saturated rings. The second kappa shape index (κ2) is 8.22. The molecule has 5 heteroatoms. The third-order valence-corrected chi connectivity index (χ3v) is 2.92. The number of hydrogen-bond donors (Lipinski definition) is 1. The number of halogens is 1. The second-order valence-corrected chi connectivity index (χ2v) is 4.49. The van der Waals surface area contributed by atoms with Gasteiger partial charge >= 0.3 is 0 Å². The first kappa shape index (κ1) is 16.0. The van der Waals surface area contributed by atoms with Gasteiger partial charge in [-0.3, -0.25) is 5.43 Å². The Bertz CT molecular complexity index is 498. The van der Waals surface area contributed by atoms with Crippen molar-refractivity contribution in [1.82, 2.24) is 10.3 Å². The summed E-state index contributed by atoms with van der Waals surface area (Å²) in [6, 6.07) is 6.14. The highest BCUT2D eigenvalue weighted by molar-refractivity contribution is 7.80. The van der Waals surface area contributed by atoms with Crippen LogP contribution in [0.25, 0.3) is 0 Å². The predicted molar refractivity (Wildman–Crippen MR) is 86.3 cm³/mol. The number of thiocarbonyl (C=S) groups is 1. The van der Waals surface area contributed by atoms with Crippen LogP contribution in [0.15, 0.2) is 54.7 Å². The Balaban J connectivity index is 2.69. The molecule has 1 rings (SSSR count). The van der Waals surface area contributed by atoms with Gasteiger partial charge in [0.05, 0.1) is 5.71 Å². The van der Waals surface area contributed by atoms with Gasteiger partial charge in [-0.05, 0) is 36.8 Å². The van der Waals surface area contributed by atoms with Crippen molar-refractivity contribution in [2.45, 2.75) is 6.92 Å². The molecule has 1 aromatic carbocycles. The van der Waals surface area contributed by atoms with Crippen LogP contribution < -0.4 is 5.43 Å². The zero-order valence-corrected chi connectivity index (χ0v) is 12.3. The van der Waals surface area contributed by atoms with Gasteiger partial charge < -0.3 is 4.90 Å². The van der Waals surface area contributed by atoms with E-state index in [1.165, 1.54) is 12.1 Å². The van der Waals surface area contributed by atoms with E-state index in [2.05, 4.69) is 23.7 Å². The van der Waals surface area contributed by atoms with Crippen molar-refractivity contribution in [3.8, 4) is 0 Å². The lowest BCUT2D eigenvalue weighted by atomic mass is 10.1. The van der Waals surface area contributed by atoms with E-state index in [1.807, 2.05) is 11.8 Å². The molecule has 0 spiro atoms. The van der Waals surface area contributed by atoms with Crippen LogP contribution in [0.5, 0.6) is 0 Å². The number of benzene rings is 1. The first-order valence-electron chi connectivity index (χ1n) is 6.15. The molecule has 0 saturated heterocycles. The monoisotopic (exact) mass is 291 g/mol. The number of nitrogens with zero attached hydrogens (tertiary/aromatic N) is 2. The van der Waals surface area contributed by atoms with E-state index in [4.69, 9.17) is 12.2 Å². The van der Waals surface area contributed by atoms with E-state index in [0.717, 1.165) is 11.3 Å². The van der Waals surface area contributed by atoms with Crippen molar-refractivity contribution in [2.24, 2.45) is 5.10 Å². The van der Waals surface area contributed by atoms with Gasteiger partial charge in [-0.1, -0.05) is 24.3 Å². The molecular formula is C15H18FN3S. The standard InChI is InChI=1S/C15H18FN3S/c1-4-10-19(11-5-2)15(20)18-17-12(3)13-6-8-14(16)9-7-13/h4-9H,1-2,10-11H2,3H3,(H,18,20)/b17-12-. The molecule has 1 N–H and O–H groups in total. The molecule has 0 radical (unpaired) electrons. The number of nitrogens with one attached hydrogen (secondary N) is 1. The zero-order chi connectivity index (χ0) is 15.0. The van der Waals surface area contributed by atoms with Crippen LogP contribution in [-0.4, -0.2) is 28.8 Å². The second-order valence-electron chi connectivity index (χ2n) is 4.10. The molecule has 0 amide bonds. The highest BCUT2D eigenvalue weighted by Gasteiger charge is 2.05. The van der Waals surface area contributed by atoms with Gasteiger partial charge in [0.2, 0.25) is 0 Å². The third-order valence-electron chi connectivity index (χ3n) is 2.57. The maximum Gasteiger partial charge on any atom is 0.190 e. The Labute approximate surface area is 124 Å². The van der Waals surface area contributed by atoms with Crippen LogP contribution in [0.4, 0.5) is 4.39 Å². The molecule has 0 heterocycles. The maximum atomic E-state index is 12.8. The van der Waals surface area contributed by atoms with Crippen LogP contribution in [-0.2, 0) is 0 Å². The lowest BCUT2D eigenvalue weighted by Crippen LogP contribution is -2.38. The molecule has 0 bridgehead atoms. The van der Waals surface area contributed by atoms with Gasteiger partial charge in [0.25, 0.3) is 0 Å². The zero-order valence-electron chi connectivity index (χ0n) is 11.5. The van der Waals surface area contributed by atoms with Crippen LogP contribution in [0.2, 0.25) is 0 Å². The molecule has 106 valence electrons. The van der Waals surface area contributed by atoms with Crippen molar-refractivity contribution in [1.29, 1.82) is 0 Å². The highest BCUT2D eigenvalue weighted by Crippen LogP contribution is 2.04. The fourth-order valence-corrected chi connectivity index (χ4v) is 1.70. The van der Waals surface area contributed by atoms with Crippen molar-refractivity contribution in [3.05, 3.63) is 61.0 Å². The Morgan fingerprint density at radius 3 is 2.35 bits per heavy atom. The summed E-state index contributed by atoms with van der Waals surface area (Å²) in [7, 11) is 0. The van der Waals surface area contributed by atoms with Crippen molar-refractivity contribution in [2.75, 3.05) is 13.1 Å². The van der Waals surface area contributed by atoms with Crippen molar-refractivity contribution in [3.63, 3.8) is 0 Å². The molecule has 3 nitrogen and oxygen atoms in total. The fourth-order valence-electron chi connectivity index (χ4n) is 1.51. The largest absolute Gasteiger partial charge is 0.340 e. The molecule has 0 saturated carbocycles. The SMILES string of the molecule is C=CCN(CC=C)C(=S)N/N=C(/C)c1ccc(F)cc1. The summed E-state index contributed by atoms with van der Waals surface area (Å²) in [6.07, 6.45) is 3.52. The molecular weight excluding hydrogens is 273 g/mol. The minimum absolute atomic E-state index is 0.270. The topological polar surface area (TPSA) is 27.6 Å². The highest BCUT2D eigenvalue weighted by atomic mass is 32.1. The summed E-state index contributed by atoms with van der Waals surface area (Å²) in [5.74, 6) is -0.270. The van der Waals surface area contributed by atoms with Crippen molar-refractivity contribution >= 4 is 23.0 Å². The third kappa shape index (κ3) is 4.93. The van der Waals surface area contributed by atoms with Gasteiger partial charge in [-0.25, -0.2) is 4.39 Å². The molecule has 0 aromatic heterocycles. The van der Waals surface area contributed by atoms with E-state index in [1.54, 1.807) is 24.3 Å². The molecule has 0 unspecified atom stereocenters. The van der Waals surface area contributed by atoms with Crippen molar-refractivity contribution < 1.29 is 4.39 Å². The molecule has 0 aliphatic rings. The summed E-state index contributed by atoms with van der Waals surface area (Å²) in [4.78, 5) is 1.87. The minimum atomic E-state index is -0.270. The Morgan fingerprint density at radius 1 is 1.30 bits per heavy atom. The van der Waals surface area contributed by atoms with E-state index < -0.39 is 0 Å². The number of hydrogen-bond acceptors (Lipinski definition) is 2. The summed E-state index contributed by atoms with van der Waals surface area (Å²) < 4.78 is 12.8. The van der Waals surface area contributed by atoms with Gasteiger partial charge in [0, 0.05) is 13.1 Å². The number of rotatable bonds is 6. The maximum absolute atomic E-state index is 12.8. The first-order chi connectivity index (χ1) is 9.58.